The lowest BCUT2D eigenvalue weighted by atomic mass is 10.0. The molecule has 266 valence electrons. The quantitative estimate of drug-likeness (QED) is 0.167. The zero-order chi connectivity index (χ0) is 55.7. The first-order valence-corrected chi connectivity index (χ1v) is 17.9. The number of aromatic nitrogens is 3. The first-order valence-electron chi connectivity index (χ1n) is 28.4. The fourth-order valence-electron chi connectivity index (χ4n) is 7.66. The van der Waals surface area contributed by atoms with Gasteiger partial charge in [0.25, 0.3) is 0 Å². The molecule has 0 fully saturated rings. The first kappa shape index (κ1) is 17.5. The van der Waals surface area contributed by atoms with Gasteiger partial charge in [0.05, 0.1) is 61.9 Å². The van der Waals surface area contributed by atoms with Crippen molar-refractivity contribution < 1.29 is 28.8 Å². The Morgan fingerprint density at radius 3 is 1.35 bits per heavy atom. The van der Waals surface area contributed by atoms with E-state index >= 15 is 0 Å². The molecule has 0 amide bonds. The number of para-hydroxylation sites is 4. The average molecular weight is 747 g/mol. The average Bonchev–Trinajstić information content (AvgIpc) is 3.86. The molecule has 3 heteroatoms. The summed E-state index contributed by atoms with van der Waals surface area (Å²) in [6.45, 7) is 0. The third-order valence-electron chi connectivity index (χ3n) is 10.2. The van der Waals surface area contributed by atoms with E-state index in [2.05, 4.69) is 0 Å². The van der Waals surface area contributed by atoms with E-state index in [0.717, 1.165) is 10.1 Å². The molecule has 0 unspecified atom stereocenters. The van der Waals surface area contributed by atoms with Gasteiger partial charge in [0.2, 0.25) is 0 Å². The Morgan fingerprint density at radius 1 is 0.281 bits per heavy atom. The highest BCUT2D eigenvalue weighted by atomic mass is 15.0. The third-order valence-corrected chi connectivity index (χ3v) is 10.2. The van der Waals surface area contributed by atoms with Crippen molar-refractivity contribution in [1.29, 1.82) is 0 Å². The number of fused-ring (bicyclic) bond motifs is 9. The van der Waals surface area contributed by atoms with Gasteiger partial charge in [-0.1, -0.05) is 133 Å². The summed E-state index contributed by atoms with van der Waals surface area (Å²) in [5.74, 6) is 0. The maximum absolute atomic E-state index is 10.0. The lowest BCUT2D eigenvalue weighted by molar-refractivity contribution is 1.15. The highest BCUT2D eigenvalue weighted by Crippen LogP contribution is 2.40. The maximum atomic E-state index is 10.0. The fraction of sp³-hybridized carbons (Fsp3) is 0. The first-order chi connectivity index (χ1) is 37.1. The minimum atomic E-state index is -0.874. The van der Waals surface area contributed by atoms with E-state index in [-0.39, 0.29) is 49.3 Å². The Morgan fingerprint density at radius 2 is 0.737 bits per heavy atom. The molecule has 57 heavy (non-hydrogen) atoms. The van der Waals surface area contributed by atoms with Crippen LogP contribution in [-0.4, -0.2) is 13.7 Å². The van der Waals surface area contributed by atoms with Crippen LogP contribution in [0.5, 0.6) is 0 Å². The second-order valence-electron chi connectivity index (χ2n) is 13.3. The van der Waals surface area contributed by atoms with Crippen LogP contribution in [-0.2, 0) is 0 Å². The van der Waals surface area contributed by atoms with Gasteiger partial charge < -0.3 is 13.7 Å². The summed E-state index contributed by atoms with van der Waals surface area (Å²) in [4.78, 5) is 0. The number of nitrogens with zero attached hydrogens (tertiary/aromatic N) is 3. The minimum absolute atomic E-state index is 0.139. The largest absolute Gasteiger partial charge is 0.309 e. The van der Waals surface area contributed by atoms with Crippen LogP contribution in [0.3, 0.4) is 0 Å². The van der Waals surface area contributed by atoms with Crippen LogP contribution in [0.15, 0.2) is 212 Å². The van der Waals surface area contributed by atoms with Crippen LogP contribution < -0.4 is 0 Å². The van der Waals surface area contributed by atoms with Crippen molar-refractivity contribution in [3.63, 3.8) is 0 Å². The number of hydrogen-bond donors (Lipinski definition) is 0. The molecule has 3 nitrogen and oxygen atoms in total. The summed E-state index contributed by atoms with van der Waals surface area (Å²) in [6.07, 6.45) is 0. The summed E-state index contributed by atoms with van der Waals surface area (Å²) in [7, 11) is 0. The highest BCUT2D eigenvalue weighted by Gasteiger charge is 2.18. The molecule has 9 aromatic carbocycles. The van der Waals surface area contributed by atoms with E-state index in [4.69, 9.17) is 11.0 Å². The smallest absolute Gasteiger partial charge is 0.0667 e. The zero-order valence-corrected chi connectivity index (χ0v) is 29.4. The molecule has 3 aromatic heterocycles. The van der Waals surface area contributed by atoms with Crippen molar-refractivity contribution in [2.45, 2.75) is 0 Å². The van der Waals surface area contributed by atoms with Gasteiger partial charge in [0.15, 0.2) is 0 Å². The Labute approximate surface area is 359 Å². The number of benzene rings is 9. The molecule has 0 aliphatic rings. The number of rotatable bonds is 5. The van der Waals surface area contributed by atoms with Crippen LogP contribution in [0.2, 0.25) is 0 Å². The second-order valence-corrected chi connectivity index (χ2v) is 13.3. The van der Waals surface area contributed by atoms with Gasteiger partial charge in [0.1, 0.15) is 0 Å². The molecule has 0 saturated heterocycles. The van der Waals surface area contributed by atoms with Crippen molar-refractivity contribution in [3.8, 4) is 39.3 Å². The van der Waals surface area contributed by atoms with E-state index < -0.39 is 166 Å². The van der Waals surface area contributed by atoms with Crippen molar-refractivity contribution in [2.75, 3.05) is 0 Å². The van der Waals surface area contributed by atoms with Gasteiger partial charge in [-0.3, -0.25) is 0 Å². The maximum Gasteiger partial charge on any atom is 0.0667 e. The van der Waals surface area contributed by atoms with Gasteiger partial charge in [-0.2, -0.15) is 0 Å². The van der Waals surface area contributed by atoms with Crippen molar-refractivity contribution in [3.05, 3.63) is 212 Å². The second kappa shape index (κ2) is 12.5. The van der Waals surface area contributed by atoms with Crippen molar-refractivity contribution in [1.82, 2.24) is 13.7 Å². The molecular formula is C54H35N3. The Balaban J connectivity index is 1.24. The Bertz CT molecular complexity index is 4740. The van der Waals surface area contributed by atoms with Crippen LogP contribution in [0, 0.1) is 0 Å². The predicted octanol–water partition coefficient (Wildman–Crippen LogP) is 14.3. The molecule has 0 atom stereocenters. The van der Waals surface area contributed by atoms with Crippen molar-refractivity contribution in [2.24, 2.45) is 0 Å². The lowest BCUT2D eigenvalue weighted by Gasteiger charge is -2.12. The van der Waals surface area contributed by atoms with E-state index in [9.17, 15) is 17.8 Å². The molecule has 0 N–H and O–H groups in total. The van der Waals surface area contributed by atoms with E-state index in [1.165, 1.54) is 9.13 Å². The normalized spacial score (nSPS) is 17.0. The topological polar surface area (TPSA) is 14.8 Å². The van der Waals surface area contributed by atoms with Crippen LogP contribution in [0.4, 0.5) is 0 Å². The van der Waals surface area contributed by atoms with Crippen LogP contribution in [0.25, 0.3) is 105 Å². The summed E-state index contributed by atoms with van der Waals surface area (Å²) in [6, 6.07) is 9.69. The van der Waals surface area contributed by atoms with Gasteiger partial charge >= 0.3 is 0 Å². The van der Waals surface area contributed by atoms with Gasteiger partial charge in [-0.15, -0.1) is 0 Å². The molecule has 12 aromatic rings. The lowest BCUT2D eigenvalue weighted by Crippen LogP contribution is -1.96. The van der Waals surface area contributed by atoms with E-state index in [1.807, 2.05) is 36.4 Å². The molecule has 0 aliphatic carbocycles. The molecule has 0 aliphatic heterocycles. The van der Waals surface area contributed by atoms with Gasteiger partial charge in [-0.25, -0.2) is 0 Å². The van der Waals surface area contributed by atoms with E-state index in [1.54, 1.807) is 48.5 Å². The standard InChI is InChI=1S/C54H35N3/c1-3-14-36(15-4-1)37-16-13-19-41(32-37)56-50-24-11-8-21-44(50)47-33-38(26-30-52(47)56)39-27-31-53-48(34-39)45-22-9-12-25-51(45)57(53)42-28-29-46-43-20-7-10-23-49(43)55(54(46)35-42)40-17-5-2-6-18-40/h1-35H/i7D,8D,9D,10D,11D,12D,20D,21D,22D,23D,24D,25D,26D,27D,28D,29D,30D,31D,33D,34D,35D. The van der Waals surface area contributed by atoms with Gasteiger partial charge in [-0.05, 0) is 101 Å². The molecule has 12 rings (SSSR count). The molecular weight excluding hydrogens is 691 g/mol. The van der Waals surface area contributed by atoms with Crippen molar-refractivity contribution >= 4 is 65.4 Å². The summed E-state index contributed by atoms with van der Waals surface area (Å²) in [5.41, 5.74) is -1.40. The van der Waals surface area contributed by atoms with Gasteiger partial charge in [0, 0.05) is 49.4 Å². The molecule has 3 heterocycles. The molecule has 0 radical (unpaired) electrons. The van der Waals surface area contributed by atoms with Crippen LogP contribution >= 0.6 is 0 Å². The summed E-state index contributed by atoms with van der Waals surface area (Å²) >= 11 is 0. The highest BCUT2D eigenvalue weighted by molar-refractivity contribution is 6.14. The zero-order valence-electron chi connectivity index (χ0n) is 50.4. The monoisotopic (exact) mass is 746 g/mol. The Hall–Kier alpha value is -7.62. The molecule has 0 bridgehead atoms. The fourth-order valence-corrected chi connectivity index (χ4v) is 7.66. The van der Waals surface area contributed by atoms with Crippen LogP contribution in [0.1, 0.15) is 28.8 Å². The number of hydrogen-bond acceptors (Lipinski definition) is 0. The van der Waals surface area contributed by atoms with E-state index in [0.29, 0.717) is 11.3 Å². The Kier molecular flexibility index (Phi) is 3.81. The molecule has 0 saturated carbocycles. The minimum Gasteiger partial charge on any atom is -0.309 e. The third kappa shape index (κ3) is 4.86. The summed E-state index contributed by atoms with van der Waals surface area (Å²) < 4.78 is 199. The SMILES string of the molecule is [2H]c1c([2H])c([2H])c2c(c1[2H])c1c([2H])c(-c3c([2H])c([2H])c4c(c3[2H])c3c([2H])c([2H])c([2H])c([2H])c3n4-c3c([2H])c([2H])c4c5c([2H])c([2H])c([2H])c([2H])c5n(-c5ccccc5)c4c3[2H])c([2H])c([2H])c1n2-c1cccc(-c2ccccc2)c1. The molecule has 0 spiro atoms. The summed E-state index contributed by atoms with van der Waals surface area (Å²) in [5, 5.41) is -1.78. The predicted molar refractivity (Wildman–Crippen MR) is 240 cm³/mol.